The lowest BCUT2D eigenvalue weighted by atomic mass is 9.72. The number of likely N-dealkylation sites (tertiary alicyclic amines) is 1. The lowest BCUT2D eigenvalue weighted by molar-refractivity contribution is -0.148. The predicted molar refractivity (Wildman–Crippen MR) is 149 cm³/mol. The predicted octanol–water partition coefficient (Wildman–Crippen LogP) is 3.79. The third kappa shape index (κ3) is 5.86. The van der Waals surface area contributed by atoms with Gasteiger partial charge in [-0.3, -0.25) is 14.3 Å². The van der Waals surface area contributed by atoms with Crippen molar-refractivity contribution in [3.8, 4) is 0 Å². The molecular weight excluding hydrogens is 583 g/mol. The van der Waals surface area contributed by atoms with Crippen molar-refractivity contribution in [3.63, 3.8) is 0 Å². The van der Waals surface area contributed by atoms with Gasteiger partial charge in [-0.05, 0) is 54.7 Å². The minimum Gasteiger partial charge on any atom is -0.341 e. The molecule has 2 unspecified atom stereocenters. The van der Waals surface area contributed by atoms with Crippen LogP contribution in [-0.2, 0) is 36.2 Å². The third-order valence-corrected chi connectivity index (χ3v) is 9.75. The van der Waals surface area contributed by atoms with Crippen LogP contribution in [0.5, 0.6) is 0 Å². The zero-order valence-electron chi connectivity index (χ0n) is 21.6. The van der Waals surface area contributed by atoms with E-state index in [2.05, 4.69) is 14.4 Å². The second kappa shape index (κ2) is 10.7. The van der Waals surface area contributed by atoms with Gasteiger partial charge in [-0.2, -0.15) is 8.42 Å². The summed E-state index contributed by atoms with van der Waals surface area (Å²) in [7, 11) is -8.05. The van der Waals surface area contributed by atoms with Gasteiger partial charge in [-0.15, -0.1) is 4.40 Å². The molecule has 1 aliphatic carbocycles. The van der Waals surface area contributed by atoms with Crippen molar-refractivity contribution in [2.24, 2.45) is 22.2 Å². The average Bonchev–Trinajstić information content (AvgIpc) is 2.87. The number of amides is 1. The highest BCUT2D eigenvalue weighted by atomic mass is 35.5. The second-order valence-corrected chi connectivity index (χ2v) is 14.2. The molecule has 2 heterocycles. The Morgan fingerprint density at radius 3 is 2.52 bits per heavy atom. The summed E-state index contributed by atoms with van der Waals surface area (Å²) in [6.45, 7) is 0.216. The quantitative estimate of drug-likeness (QED) is 0.474. The van der Waals surface area contributed by atoms with E-state index in [-0.39, 0.29) is 51.9 Å². The van der Waals surface area contributed by atoms with Crippen LogP contribution in [0.4, 0.5) is 15.8 Å². The number of benzene rings is 2. The molecule has 2 atom stereocenters. The zero-order valence-corrected chi connectivity index (χ0v) is 24.0. The summed E-state index contributed by atoms with van der Waals surface area (Å²) in [6, 6.07) is 7.98. The summed E-state index contributed by atoms with van der Waals surface area (Å²) < 4.78 is 69.4. The lowest BCUT2D eigenvalue weighted by Crippen LogP contribution is -2.56. The van der Waals surface area contributed by atoms with E-state index < -0.39 is 43.6 Å². The Balaban J connectivity index is 1.51. The van der Waals surface area contributed by atoms with Crippen LogP contribution in [0.25, 0.3) is 0 Å². The van der Waals surface area contributed by atoms with E-state index in [1.807, 2.05) is 0 Å². The normalized spacial score (nSPS) is 23.3. The Kier molecular flexibility index (Phi) is 7.66. The fraction of sp³-hybridized carbons (Fsp3) is 0.423. The van der Waals surface area contributed by atoms with Crippen molar-refractivity contribution in [3.05, 3.63) is 52.8 Å². The molecule has 5 rings (SSSR count). The van der Waals surface area contributed by atoms with Crippen molar-refractivity contribution in [2.45, 2.75) is 43.5 Å². The number of amidine groups is 1. The Hall–Kier alpha value is -3.03. The SMILES string of the molecule is CS(=O)(=O)Nc1ccc2c(c1)S(=O)(=O)N=C(C1C(=O)C(C3CCCCC3)CN(Cc3ccc(F)c(Cl)c3)C1=O)N2. The summed E-state index contributed by atoms with van der Waals surface area (Å²) in [4.78, 5) is 28.8. The van der Waals surface area contributed by atoms with Gasteiger partial charge in [0.05, 0.1) is 17.0 Å². The van der Waals surface area contributed by atoms with Gasteiger partial charge < -0.3 is 10.2 Å². The van der Waals surface area contributed by atoms with E-state index in [0.29, 0.717) is 5.56 Å². The molecule has 1 saturated heterocycles. The molecule has 214 valence electrons. The number of rotatable bonds is 6. The monoisotopic (exact) mass is 610 g/mol. The van der Waals surface area contributed by atoms with E-state index in [4.69, 9.17) is 11.6 Å². The molecule has 2 aliphatic heterocycles. The highest BCUT2D eigenvalue weighted by Crippen LogP contribution is 2.38. The third-order valence-electron chi connectivity index (χ3n) is 7.52. The highest BCUT2D eigenvalue weighted by Gasteiger charge is 2.48. The number of hydrogen-bond donors (Lipinski definition) is 2. The van der Waals surface area contributed by atoms with E-state index in [1.165, 1.54) is 35.2 Å². The van der Waals surface area contributed by atoms with Crippen molar-refractivity contribution < 1.29 is 30.8 Å². The Bertz CT molecular complexity index is 1620. The fourth-order valence-electron chi connectivity index (χ4n) is 5.69. The number of Topliss-reactive ketones (excluding diaryl/α,β-unsaturated/α-hetero) is 1. The Labute approximate surface area is 237 Å². The number of anilines is 2. The number of ketones is 1. The highest BCUT2D eigenvalue weighted by molar-refractivity contribution is 7.92. The van der Waals surface area contributed by atoms with Crippen LogP contribution in [-0.4, -0.2) is 52.1 Å². The Morgan fingerprint density at radius 2 is 1.85 bits per heavy atom. The number of sulfonamides is 2. The van der Waals surface area contributed by atoms with Gasteiger partial charge in [-0.25, -0.2) is 12.8 Å². The molecule has 3 aliphatic rings. The van der Waals surface area contributed by atoms with Gasteiger partial charge in [0.25, 0.3) is 10.0 Å². The van der Waals surface area contributed by atoms with Gasteiger partial charge in [0, 0.05) is 24.7 Å². The molecule has 1 saturated carbocycles. The molecule has 40 heavy (non-hydrogen) atoms. The molecule has 2 aromatic rings. The molecule has 0 bridgehead atoms. The van der Waals surface area contributed by atoms with Crippen LogP contribution in [0, 0.1) is 23.6 Å². The van der Waals surface area contributed by atoms with Gasteiger partial charge >= 0.3 is 0 Å². The summed E-state index contributed by atoms with van der Waals surface area (Å²) >= 11 is 5.95. The molecular formula is C26H28ClFN4O6S2. The van der Waals surface area contributed by atoms with Gasteiger partial charge in [0.1, 0.15) is 16.5 Å². The standard InChI is InChI=1S/C26H28ClFN4O6S2/c1-39(35,36)30-17-8-10-21-22(12-17)40(37,38)31-25(29-21)23-24(33)18(16-5-3-2-4-6-16)14-32(26(23)34)13-15-7-9-20(28)19(27)11-15/h7-12,16,18,23,30H,2-6,13-14H2,1H3,(H,29,31). The van der Waals surface area contributed by atoms with E-state index in [0.717, 1.165) is 44.4 Å². The van der Waals surface area contributed by atoms with Crippen molar-refractivity contribution in [1.29, 1.82) is 0 Å². The number of piperidine rings is 1. The van der Waals surface area contributed by atoms with Gasteiger partial charge in [0.2, 0.25) is 15.9 Å². The molecule has 14 heteroatoms. The summed E-state index contributed by atoms with van der Waals surface area (Å²) in [6.07, 6.45) is 5.58. The largest absolute Gasteiger partial charge is 0.341 e. The number of hydrogen-bond acceptors (Lipinski definition) is 7. The first-order chi connectivity index (χ1) is 18.8. The lowest BCUT2D eigenvalue weighted by Gasteiger charge is -2.41. The maximum absolute atomic E-state index is 13.9. The first-order valence-corrected chi connectivity index (χ1v) is 16.5. The van der Waals surface area contributed by atoms with Crippen LogP contribution in [0.1, 0.15) is 37.7 Å². The average molecular weight is 611 g/mol. The number of halogens is 2. The van der Waals surface area contributed by atoms with Crippen LogP contribution >= 0.6 is 11.6 Å². The maximum Gasteiger partial charge on any atom is 0.286 e. The number of fused-ring (bicyclic) bond motifs is 1. The maximum atomic E-state index is 13.9. The molecule has 2 aromatic carbocycles. The number of carbonyl (C=O) groups is 2. The van der Waals surface area contributed by atoms with Crippen molar-refractivity contribution in [2.75, 3.05) is 22.8 Å². The molecule has 0 spiro atoms. The minimum atomic E-state index is -4.39. The van der Waals surface area contributed by atoms with E-state index >= 15 is 0 Å². The molecule has 0 radical (unpaired) electrons. The van der Waals surface area contributed by atoms with Crippen LogP contribution in [0.15, 0.2) is 45.7 Å². The zero-order chi connectivity index (χ0) is 28.8. The molecule has 10 nitrogen and oxygen atoms in total. The van der Waals surface area contributed by atoms with Gasteiger partial charge in [-0.1, -0.05) is 36.9 Å². The summed E-state index contributed by atoms with van der Waals surface area (Å²) in [5.74, 6) is -3.85. The van der Waals surface area contributed by atoms with E-state index in [9.17, 15) is 30.8 Å². The molecule has 1 amide bonds. The first-order valence-electron chi connectivity index (χ1n) is 12.8. The Morgan fingerprint density at radius 1 is 1.12 bits per heavy atom. The van der Waals surface area contributed by atoms with Crippen LogP contribution < -0.4 is 10.0 Å². The summed E-state index contributed by atoms with van der Waals surface area (Å²) in [5.41, 5.74) is 0.663. The smallest absolute Gasteiger partial charge is 0.286 e. The van der Waals surface area contributed by atoms with Crippen molar-refractivity contribution in [1.82, 2.24) is 4.90 Å². The number of carbonyl (C=O) groups excluding carboxylic acids is 2. The number of nitrogens with zero attached hydrogens (tertiary/aromatic N) is 2. The summed E-state index contributed by atoms with van der Waals surface area (Å²) in [5, 5.41) is 2.76. The van der Waals surface area contributed by atoms with E-state index in [1.54, 1.807) is 0 Å². The van der Waals surface area contributed by atoms with Gasteiger partial charge in [0.15, 0.2) is 11.7 Å². The second-order valence-electron chi connectivity index (χ2n) is 10.5. The number of nitrogens with one attached hydrogen (secondary N) is 2. The molecule has 2 fully saturated rings. The fourth-order valence-corrected chi connectivity index (χ4v) is 7.63. The van der Waals surface area contributed by atoms with Crippen molar-refractivity contribution >= 4 is 60.5 Å². The topological polar surface area (TPSA) is 142 Å². The van der Waals surface area contributed by atoms with Crippen LogP contribution in [0.2, 0.25) is 5.02 Å². The van der Waals surface area contributed by atoms with Crippen LogP contribution in [0.3, 0.4) is 0 Å². The molecule has 2 N–H and O–H groups in total. The first kappa shape index (κ1) is 28.5. The molecule has 0 aromatic heterocycles. The minimum absolute atomic E-state index is 0.0246.